The molecule has 1 atom stereocenters. The molecule has 1 unspecified atom stereocenters. The third-order valence-corrected chi connectivity index (χ3v) is 5.84. The van der Waals surface area contributed by atoms with E-state index < -0.39 is 0 Å². The van der Waals surface area contributed by atoms with E-state index in [0.717, 1.165) is 35.4 Å². The molecule has 146 valence electrons. The summed E-state index contributed by atoms with van der Waals surface area (Å²) in [6, 6.07) is 12.3. The number of pyridine rings is 1. The molecule has 1 aliphatic carbocycles. The molecular weight excluding hydrogens is 364 g/mol. The molecule has 0 radical (unpaired) electrons. The number of hydrogen-bond donors (Lipinski definition) is 1. The summed E-state index contributed by atoms with van der Waals surface area (Å²) >= 11 is 0. The Morgan fingerprint density at radius 2 is 1.79 bits per heavy atom. The normalized spacial score (nSPS) is 15.9. The van der Waals surface area contributed by atoms with Gasteiger partial charge in [-0.3, -0.25) is 4.68 Å². The van der Waals surface area contributed by atoms with Gasteiger partial charge in [0.25, 0.3) is 5.89 Å². The lowest BCUT2D eigenvalue weighted by Gasteiger charge is -2.27. The molecule has 3 aromatic heterocycles. The minimum Gasteiger partial charge on any atom is -0.384 e. The highest BCUT2D eigenvalue weighted by molar-refractivity contribution is 5.64. The number of nitrogens with zero attached hydrogens (tertiary/aromatic N) is 5. The molecule has 0 saturated heterocycles. The van der Waals surface area contributed by atoms with Gasteiger partial charge in [0.1, 0.15) is 5.82 Å². The van der Waals surface area contributed by atoms with Crippen LogP contribution in [0.3, 0.4) is 0 Å². The zero-order valence-electron chi connectivity index (χ0n) is 16.4. The number of aryl methyl sites for hydroxylation is 1. The Bertz CT molecular complexity index is 1140. The monoisotopic (exact) mass is 386 g/mol. The van der Waals surface area contributed by atoms with E-state index in [-0.39, 0.29) is 5.41 Å². The van der Waals surface area contributed by atoms with Crippen LogP contribution in [-0.4, -0.2) is 24.9 Å². The highest BCUT2D eigenvalue weighted by atomic mass is 16.5. The van der Waals surface area contributed by atoms with Crippen molar-refractivity contribution >= 4 is 5.82 Å². The highest BCUT2D eigenvalue weighted by Gasteiger charge is 2.47. The Morgan fingerprint density at radius 1 is 1.03 bits per heavy atom. The number of anilines is 1. The van der Waals surface area contributed by atoms with Gasteiger partial charge in [0, 0.05) is 25.0 Å². The zero-order chi connectivity index (χ0) is 20.0. The Morgan fingerprint density at radius 3 is 2.41 bits per heavy atom. The maximum atomic E-state index is 5.70. The van der Waals surface area contributed by atoms with Gasteiger partial charge in [-0.15, -0.1) is 0 Å². The minimum atomic E-state index is -0.290. The van der Waals surface area contributed by atoms with E-state index in [1.165, 1.54) is 5.56 Å². The Hall–Kier alpha value is -3.48. The van der Waals surface area contributed by atoms with E-state index in [0.29, 0.717) is 17.6 Å². The molecule has 1 saturated carbocycles. The Kier molecular flexibility index (Phi) is 3.97. The predicted molar refractivity (Wildman–Crippen MR) is 110 cm³/mol. The summed E-state index contributed by atoms with van der Waals surface area (Å²) in [5.41, 5.74) is 9.56. The van der Waals surface area contributed by atoms with E-state index in [4.69, 9.17) is 15.2 Å². The maximum Gasteiger partial charge on any atom is 0.261 e. The van der Waals surface area contributed by atoms with Crippen molar-refractivity contribution in [2.45, 2.75) is 25.2 Å². The first kappa shape index (κ1) is 17.6. The molecule has 29 heavy (non-hydrogen) atoms. The largest absolute Gasteiger partial charge is 0.384 e. The molecule has 5 rings (SSSR count). The molecule has 0 amide bonds. The molecule has 0 bridgehead atoms. The molecular formula is C22H22N6O. The third kappa shape index (κ3) is 3.08. The lowest BCUT2D eigenvalue weighted by atomic mass is 9.76. The number of aromatic nitrogens is 5. The summed E-state index contributed by atoms with van der Waals surface area (Å²) in [5, 5.41) is 8.54. The van der Waals surface area contributed by atoms with Crippen molar-refractivity contribution in [2.75, 3.05) is 5.73 Å². The first-order valence-electron chi connectivity index (χ1n) is 9.69. The SMILES string of the molecule is Cn1cc(-c2nc(C(C)(c3ccc(-c4ccc(N)nc4)cc3)C3CC3)no2)cn1. The van der Waals surface area contributed by atoms with Gasteiger partial charge in [0.05, 0.1) is 17.2 Å². The van der Waals surface area contributed by atoms with Gasteiger partial charge in [0.15, 0.2) is 5.82 Å². The van der Waals surface area contributed by atoms with Crippen LogP contribution in [0.2, 0.25) is 0 Å². The first-order valence-corrected chi connectivity index (χ1v) is 9.69. The van der Waals surface area contributed by atoms with Crippen molar-refractivity contribution in [2.24, 2.45) is 13.0 Å². The predicted octanol–water partition coefficient (Wildman–Crippen LogP) is 3.83. The summed E-state index contributed by atoms with van der Waals surface area (Å²) in [7, 11) is 1.87. The summed E-state index contributed by atoms with van der Waals surface area (Å²) < 4.78 is 7.31. The van der Waals surface area contributed by atoms with Gasteiger partial charge in [-0.05, 0) is 48.9 Å². The summed E-state index contributed by atoms with van der Waals surface area (Å²) in [6.45, 7) is 2.21. The number of nitrogens with two attached hydrogens (primary N) is 1. The average Bonchev–Trinajstić information content (AvgIpc) is 3.32. The molecule has 3 heterocycles. The van der Waals surface area contributed by atoms with Gasteiger partial charge >= 0.3 is 0 Å². The molecule has 0 spiro atoms. The number of rotatable bonds is 5. The lowest BCUT2D eigenvalue weighted by molar-refractivity contribution is 0.386. The summed E-state index contributed by atoms with van der Waals surface area (Å²) in [6.07, 6.45) is 7.74. The fourth-order valence-electron chi connectivity index (χ4n) is 3.88. The van der Waals surface area contributed by atoms with E-state index >= 15 is 0 Å². The fourth-order valence-corrected chi connectivity index (χ4v) is 3.88. The quantitative estimate of drug-likeness (QED) is 0.560. The van der Waals surface area contributed by atoms with Crippen LogP contribution in [0.1, 0.15) is 31.2 Å². The lowest BCUT2D eigenvalue weighted by Crippen LogP contribution is -2.28. The summed E-state index contributed by atoms with van der Waals surface area (Å²) in [4.78, 5) is 8.92. The zero-order valence-corrected chi connectivity index (χ0v) is 16.4. The molecule has 1 aliphatic rings. The van der Waals surface area contributed by atoms with Crippen LogP contribution in [0.5, 0.6) is 0 Å². The molecule has 4 aromatic rings. The van der Waals surface area contributed by atoms with Crippen LogP contribution in [0.4, 0.5) is 5.82 Å². The topological polar surface area (TPSA) is 95.7 Å². The van der Waals surface area contributed by atoms with Crippen LogP contribution in [0.25, 0.3) is 22.6 Å². The number of benzene rings is 1. The first-order chi connectivity index (χ1) is 14.0. The van der Waals surface area contributed by atoms with E-state index in [2.05, 4.69) is 46.4 Å². The van der Waals surface area contributed by atoms with Crippen molar-refractivity contribution in [1.82, 2.24) is 24.9 Å². The standard InChI is InChI=1S/C22H22N6O/c1-22(18-8-9-18,21-26-20(29-27-21)16-12-25-28(2)13-16)17-6-3-14(4-7-17)15-5-10-19(23)24-11-15/h3-7,10-13,18H,8-9H2,1-2H3,(H2,23,24). The molecule has 7 heteroatoms. The minimum absolute atomic E-state index is 0.290. The molecule has 1 fully saturated rings. The van der Waals surface area contributed by atoms with Gasteiger partial charge in [-0.25, -0.2) is 4.98 Å². The van der Waals surface area contributed by atoms with E-state index in [1.54, 1.807) is 17.1 Å². The Labute approximate surface area is 168 Å². The number of nitrogen functional groups attached to an aromatic ring is 1. The van der Waals surface area contributed by atoms with Gasteiger partial charge < -0.3 is 10.3 Å². The smallest absolute Gasteiger partial charge is 0.261 e. The van der Waals surface area contributed by atoms with Crippen molar-refractivity contribution in [3.63, 3.8) is 0 Å². The second-order valence-electron chi connectivity index (χ2n) is 7.85. The van der Waals surface area contributed by atoms with E-state index in [9.17, 15) is 0 Å². The van der Waals surface area contributed by atoms with Crippen LogP contribution in [0, 0.1) is 5.92 Å². The van der Waals surface area contributed by atoms with Crippen molar-refractivity contribution in [3.05, 3.63) is 66.4 Å². The molecule has 0 aliphatic heterocycles. The van der Waals surface area contributed by atoms with Gasteiger partial charge in [-0.2, -0.15) is 10.1 Å². The van der Waals surface area contributed by atoms with E-state index in [1.807, 2.05) is 25.4 Å². The summed E-state index contributed by atoms with van der Waals surface area (Å²) in [5.74, 6) is 2.25. The Balaban J connectivity index is 1.50. The van der Waals surface area contributed by atoms with Crippen LogP contribution < -0.4 is 5.73 Å². The van der Waals surface area contributed by atoms with Crippen LogP contribution >= 0.6 is 0 Å². The average molecular weight is 386 g/mol. The highest BCUT2D eigenvalue weighted by Crippen LogP contribution is 2.50. The van der Waals surface area contributed by atoms with Gasteiger partial charge in [-0.1, -0.05) is 29.4 Å². The van der Waals surface area contributed by atoms with Gasteiger partial charge in [0.2, 0.25) is 0 Å². The van der Waals surface area contributed by atoms with Crippen LogP contribution in [-0.2, 0) is 12.5 Å². The third-order valence-electron chi connectivity index (χ3n) is 5.84. The van der Waals surface area contributed by atoms with Crippen LogP contribution in [0.15, 0.2) is 59.5 Å². The molecule has 7 nitrogen and oxygen atoms in total. The molecule has 2 N–H and O–H groups in total. The van der Waals surface area contributed by atoms with Crippen molar-refractivity contribution in [3.8, 4) is 22.6 Å². The van der Waals surface area contributed by atoms with Crippen molar-refractivity contribution in [1.29, 1.82) is 0 Å². The maximum absolute atomic E-state index is 5.70. The second-order valence-corrected chi connectivity index (χ2v) is 7.85. The number of hydrogen-bond acceptors (Lipinski definition) is 6. The van der Waals surface area contributed by atoms with Crippen molar-refractivity contribution < 1.29 is 4.52 Å². The second kappa shape index (κ2) is 6.55. The molecule has 1 aromatic carbocycles. The fraction of sp³-hybridized carbons (Fsp3) is 0.273.